The number of hydrogen-bond acceptors (Lipinski definition) is 3. The molecule has 0 N–H and O–H groups in total. The van der Waals surface area contributed by atoms with E-state index in [1.165, 1.54) is 0 Å². The number of ether oxygens (including phenoxy) is 2. The van der Waals surface area contributed by atoms with Gasteiger partial charge >= 0.3 is 5.97 Å². The lowest BCUT2D eigenvalue weighted by molar-refractivity contribution is -0.134. The van der Waals surface area contributed by atoms with Gasteiger partial charge in [-0.1, -0.05) is 23.7 Å². The van der Waals surface area contributed by atoms with Crippen molar-refractivity contribution >= 4 is 17.6 Å². The number of methoxy groups -OCH3 is 1. The second-order valence-corrected chi connectivity index (χ2v) is 5.14. The smallest absolute Gasteiger partial charge is 0.311 e. The van der Waals surface area contributed by atoms with Gasteiger partial charge in [0.15, 0.2) is 0 Å². The molecule has 0 unspecified atom stereocenters. The highest BCUT2D eigenvalue weighted by molar-refractivity contribution is 6.31. The minimum Gasteiger partial charge on any atom is -0.497 e. The van der Waals surface area contributed by atoms with Crippen LogP contribution in [0, 0.1) is 6.92 Å². The van der Waals surface area contributed by atoms with Crippen LogP contribution in [0.4, 0.5) is 0 Å². The summed E-state index contributed by atoms with van der Waals surface area (Å²) in [5.41, 5.74) is 1.96. The van der Waals surface area contributed by atoms with E-state index < -0.39 is 0 Å². The molecule has 0 radical (unpaired) electrons. The van der Waals surface area contributed by atoms with Crippen molar-refractivity contribution in [3.63, 3.8) is 0 Å². The molecule has 0 aliphatic rings. The van der Waals surface area contributed by atoms with Gasteiger partial charge in [0.1, 0.15) is 11.5 Å². The Balaban J connectivity index is 1.87. The van der Waals surface area contributed by atoms with Crippen molar-refractivity contribution in [2.75, 3.05) is 7.11 Å². The molecule has 2 aromatic carbocycles. The number of esters is 1. The molecule has 0 saturated heterocycles. The van der Waals surface area contributed by atoms with E-state index in [1.54, 1.807) is 25.3 Å². The van der Waals surface area contributed by atoms with E-state index in [-0.39, 0.29) is 5.97 Å². The third kappa shape index (κ3) is 4.50. The molecule has 0 amide bonds. The van der Waals surface area contributed by atoms with E-state index in [0.717, 1.165) is 16.9 Å². The first kappa shape index (κ1) is 15.4. The van der Waals surface area contributed by atoms with E-state index in [1.807, 2.05) is 31.2 Å². The number of halogens is 1. The molecule has 0 aliphatic carbocycles. The highest BCUT2D eigenvalue weighted by Crippen LogP contribution is 2.21. The molecule has 0 atom stereocenters. The summed E-state index contributed by atoms with van der Waals surface area (Å²) in [6.07, 6.45) is 0.962. The molecule has 0 heterocycles. The lowest BCUT2D eigenvalue weighted by Gasteiger charge is -2.06. The molecule has 0 aliphatic heterocycles. The van der Waals surface area contributed by atoms with Gasteiger partial charge in [0.25, 0.3) is 0 Å². The Bertz CT molecular complexity index is 620. The molecule has 0 bridgehead atoms. The molecule has 0 spiro atoms. The highest BCUT2D eigenvalue weighted by Gasteiger charge is 2.07. The fraction of sp³-hybridized carbons (Fsp3) is 0.235. The zero-order valence-electron chi connectivity index (χ0n) is 12.1. The van der Waals surface area contributed by atoms with Crippen LogP contribution in [0.3, 0.4) is 0 Å². The largest absolute Gasteiger partial charge is 0.497 e. The average molecular weight is 305 g/mol. The van der Waals surface area contributed by atoms with Crippen LogP contribution >= 0.6 is 11.6 Å². The summed E-state index contributed by atoms with van der Waals surface area (Å²) in [6, 6.07) is 12.8. The lowest BCUT2D eigenvalue weighted by Crippen LogP contribution is -2.09. The van der Waals surface area contributed by atoms with Crippen LogP contribution in [0.25, 0.3) is 0 Å². The Morgan fingerprint density at radius 1 is 1.10 bits per heavy atom. The first-order valence-electron chi connectivity index (χ1n) is 6.68. The topological polar surface area (TPSA) is 35.5 Å². The lowest BCUT2D eigenvalue weighted by atomic mass is 10.1. The van der Waals surface area contributed by atoms with Gasteiger partial charge in [0.05, 0.1) is 7.11 Å². The molecule has 21 heavy (non-hydrogen) atoms. The van der Waals surface area contributed by atoms with E-state index in [2.05, 4.69) is 0 Å². The Morgan fingerprint density at radius 3 is 2.38 bits per heavy atom. The number of carbonyl (C=O) groups excluding carboxylic acids is 1. The van der Waals surface area contributed by atoms with Crippen LogP contribution in [-0.4, -0.2) is 13.1 Å². The van der Waals surface area contributed by atoms with Crippen LogP contribution in [-0.2, 0) is 11.2 Å². The molecule has 110 valence electrons. The van der Waals surface area contributed by atoms with Crippen LogP contribution in [0.1, 0.15) is 17.5 Å². The van der Waals surface area contributed by atoms with Gasteiger partial charge in [-0.3, -0.25) is 4.79 Å². The van der Waals surface area contributed by atoms with Crippen molar-refractivity contribution in [2.24, 2.45) is 0 Å². The normalized spacial score (nSPS) is 10.2. The zero-order chi connectivity index (χ0) is 15.2. The van der Waals surface area contributed by atoms with Crippen molar-refractivity contribution in [1.82, 2.24) is 0 Å². The fourth-order valence-corrected chi connectivity index (χ4v) is 2.02. The maximum atomic E-state index is 11.8. The van der Waals surface area contributed by atoms with Crippen LogP contribution < -0.4 is 9.47 Å². The third-order valence-electron chi connectivity index (χ3n) is 3.14. The summed E-state index contributed by atoms with van der Waals surface area (Å²) in [5.74, 6) is 1.07. The van der Waals surface area contributed by atoms with Crippen molar-refractivity contribution in [1.29, 1.82) is 0 Å². The average Bonchev–Trinajstić information content (AvgIpc) is 2.49. The molecule has 0 saturated carbocycles. The molecule has 0 fully saturated rings. The predicted molar refractivity (Wildman–Crippen MR) is 83.1 cm³/mol. The summed E-state index contributed by atoms with van der Waals surface area (Å²) in [7, 11) is 1.63. The molecule has 0 aromatic heterocycles. The number of aryl methyl sites for hydroxylation is 2. The summed E-state index contributed by atoms with van der Waals surface area (Å²) < 4.78 is 10.4. The Morgan fingerprint density at radius 2 is 1.76 bits per heavy atom. The zero-order valence-corrected chi connectivity index (χ0v) is 12.8. The molecular weight excluding hydrogens is 288 g/mol. The number of benzene rings is 2. The van der Waals surface area contributed by atoms with Gasteiger partial charge in [0, 0.05) is 11.4 Å². The molecule has 2 rings (SSSR count). The monoisotopic (exact) mass is 304 g/mol. The summed E-state index contributed by atoms with van der Waals surface area (Å²) in [5, 5.41) is 0.660. The predicted octanol–water partition coefficient (Wildman–Crippen LogP) is 4.20. The molecule has 3 nitrogen and oxygen atoms in total. The van der Waals surface area contributed by atoms with Gasteiger partial charge in [-0.2, -0.15) is 0 Å². The number of hydrogen-bond donors (Lipinski definition) is 0. The van der Waals surface area contributed by atoms with Crippen molar-refractivity contribution in [2.45, 2.75) is 19.8 Å². The first-order chi connectivity index (χ1) is 10.1. The van der Waals surface area contributed by atoms with E-state index in [0.29, 0.717) is 23.6 Å². The minimum absolute atomic E-state index is 0.257. The Kier molecular flexibility index (Phi) is 5.23. The van der Waals surface area contributed by atoms with Crippen LogP contribution in [0.2, 0.25) is 5.02 Å². The van der Waals surface area contributed by atoms with Gasteiger partial charge < -0.3 is 9.47 Å². The third-order valence-corrected chi connectivity index (χ3v) is 3.56. The Labute approximate surface area is 129 Å². The maximum Gasteiger partial charge on any atom is 0.311 e. The first-order valence-corrected chi connectivity index (χ1v) is 7.06. The highest BCUT2D eigenvalue weighted by atomic mass is 35.5. The molecule has 4 heteroatoms. The second-order valence-electron chi connectivity index (χ2n) is 4.73. The second kappa shape index (κ2) is 7.14. The Hall–Kier alpha value is -2.00. The van der Waals surface area contributed by atoms with E-state index >= 15 is 0 Å². The molecular formula is C17H17ClO3. The summed E-state index contributed by atoms with van der Waals surface area (Å²) >= 11 is 5.93. The fourth-order valence-electron chi connectivity index (χ4n) is 1.90. The van der Waals surface area contributed by atoms with Gasteiger partial charge in [-0.25, -0.2) is 0 Å². The quantitative estimate of drug-likeness (QED) is 0.613. The van der Waals surface area contributed by atoms with E-state index in [9.17, 15) is 4.79 Å². The number of rotatable bonds is 5. The van der Waals surface area contributed by atoms with E-state index in [4.69, 9.17) is 21.1 Å². The number of carbonyl (C=O) groups is 1. The maximum absolute atomic E-state index is 11.8. The van der Waals surface area contributed by atoms with Gasteiger partial charge in [-0.05, 0) is 54.8 Å². The van der Waals surface area contributed by atoms with Gasteiger partial charge in [0.2, 0.25) is 0 Å². The summed E-state index contributed by atoms with van der Waals surface area (Å²) in [6.45, 7) is 1.87. The van der Waals surface area contributed by atoms with Crippen LogP contribution in [0.5, 0.6) is 11.5 Å². The van der Waals surface area contributed by atoms with Gasteiger partial charge in [-0.15, -0.1) is 0 Å². The summed E-state index contributed by atoms with van der Waals surface area (Å²) in [4.78, 5) is 11.8. The van der Waals surface area contributed by atoms with Crippen molar-refractivity contribution in [3.05, 3.63) is 58.6 Å². The molecule has 2 aromatic rings. The SMILES string of the molecule is COc1ccc(CCC(=O)Oc2ccc(Cl)c(C)c2)cc1. The van der Waals surface area contributed by atoms with Crippen molar-refractivity contribution in [3.8, 4) is 11.5 Å². The van der Waals surface area contributed by atoms with Crippen molar-refractivity contribution < 1.29 is 14.3 Å². The standard InChI is InChI=1S/C17H17ClO3/c1-12-11-15(8-9-16(12)18)21-17(19)10-5-13-3-6-14(20-2)7-4-13/h3-4,6-9,11H,5,10H2,1-2H3. The minimum atomic E-state index is -0.257. The van der Waals surface area contributed by atoms with Crippen LogP contribution in [0.15, 0.2) is 42.5 Å².